The average Bonchev–Trinajstić information content (AvgIpc) is 2.42. The van der Waals surface area contributed by atoms with Crippen molar-refractivity contribution >= 4 is 17.7 Å². The number of carbonyl (C=O) groups excluding carboxylic acids is 1. The molecule has 1 aromatic carbocycles. The number of benzene rings is 1. The Kier molecular flexibility index (Phi) is 8.34. The molecule has 0 fully saturated rings. The van der Waals surface area contributed by atoms with E-state index in [4.69, 9.17) is 5.11 Å². The first-order valence-corrected chi connectivity index (χ1v) is 7.79. The van der Waals surface area contributed by atoms with Crippen molar-refractivity contribution < 1.29 is 9.90 Å². The Bertz CT molecular complexity index is 356. The summed E-state index contributed by atoms with van der Waals surface area (Å²) in [6, 6.07) is 10.4. The van der Waals surface area contributed by atoms with Crippen LogP contribution in [-0.4, -0.2) is 29.4 Å². The second-order valence-corrected chi connectivity index (χ2v) is 5.77. The van der Waals surface area contributed by atoms with Gasteiger partial charge in [-0.3, -0.25) is 4.79 Å². The maximum Gasteiger partial charge on any atom is 0.220 e. The van der Waals surface area contributed by atoms with E-state index in [9.17, 15) is 4.79 Å². The molecule has 1 aromatic rings. The molecular formula is C15H23NO2S. The largest absolute Gasteiger partial charge is 0.396 e. The van der Waals surface area contributed by atoms with Gasteiger partial charge < -0.3 is 10.4 Å². The molecule has 1 amide bonds. The lowest BCUT2D eigenvalue weighted by Gasteiger charge is -2.12. The number of amides is 1. The minimum absolute atomic E-state index is 0.110. The molecule has 0 aromatic heterocycles. The van der Waals surface area contributed by atoms with Gasteiger partial charge in [0, 0.05) is 24.0 Å². The van der Waals surface area contributed by atoms with Crippen LogP contribution < -0.4 is 5.32 Å². The first kappa shape index (κ1) is 16.1. The lowest BCUT2D eigenvalue weighted by Crippen LogP contribution is -2.32. The van der Waals surface area contributed by atoms with Gasteiger partial charge in [-0.1, -0.05) is 18.2 Å². The van der Waals surface area contributed by atoms with E-state index in [2.05, 4.69) is 17.4 Å². The van der Waals surface area contributed by atoms with Crippen LogP contribution in [0.5, 0.6) is 0 Å². The van der Waals surface area contributed by atoms with Gasteiger partial charge in [-0.15, -0.1) is 11.8 Å². The summed E-state index contributed by atoms with van der Waals surface area (Å²) in [6.07, 6.45) is 3.04. The molecule has 0 radical (unpaired) electrons. The highest BCUT2D eigenvalue weighted by Crippen LogP contribution is 2.18. The highest BCUT2D eigenvalue weighted by molar-refractivity contribution is 7.99. The van der Waals surface area contributed by atoms with Crippen LogP contribution in [-0.2, 0) is 4.79 Å². The molecule has 0 bridgehead atoms. The zero-order chi connectivity index (χ0) is 13.9. The summed E-state index contributed by atoms with van der Waals surface area (Å²) in [4.78, 5) is 12.9. The van der Waals surface area contributed by atoms with Gasteiger partial charge >= 0.3 is 0 Å². The van der Waals surface area contributed by atoms with E-state index in [0.29, 0.717) is 6.42 Å². The standard InChI is InChI=1S/C15H23NO2S/c1-13(7-5-11-17)16-15(18)10-6-12-19-14-8-3-2-4-9-14/h2-4,8-9,13,17H,5-7,10-12H2,1H3,(H,16,18). The van der Waals surface area contributed by atoms with E-state index in [1.54, 1.807) is 11.8 Å². The molecule has 1 atom stereocenters. The van der Waals surface area contributed by atoms with Gasteiger partial charge in [-0.25, -0.2) is 0 Å². The highest BCUT2D eigenvalue weighted by atomic mass is 32.2. The second kappa shape index (κ2) is 9.87. The van der Waals surface area contributed by atoms with Gasteiger partial charge in [-0.05, 0) is 44.1 Å². The van der Waals surface area contributed by atoms with Crippen LogP contribution in [0.4, 0.5) is 0 Å². The van der Waals surface area contributed by atoms with Crippen molar-refractivity contribution in [2.45, 2.75) is 43.5 Å². The predicted octanol–water partition coefficient (Wildman–Crippen LogP) is 2.84. The Labute approximate surface area is 119 Å². The molecular weight excluding hydrogens is 258 g/mol. The van der Waals surface area contributed by atoms with Gasteiger partial charge in [0.25, 0.3) is 0 Å². The molecule has 2 N–H and O–H groups in total. The molecule has 0 saturated heterocycles. The van der Waals surface area contributed by atoms with Gasteiger partial charge in [-0.2, -0.15) is 0 Å². The summed E-state index contributed by atoms with van der Waals surface area (Å²) in [5, 5.41) is 11.7. The van der Waals surface area contributed by atoms with E-state index in [0.717, 1.165) is 25.0 Å². The SMILES string of the molecule is CC(CCCO)NC(=O)CCCSc1ccccc1. The molecule has 3 nitrogen and oxygen atoms in total. The minimum Gasteiger partial charge on any atom is -0.396 e. The third-order valence-electron chi connectivity index (χ3n) is 2.76. The van der Waals surface area contributed by atoms with Crippen LogP contribution in [0.25, 0.3) is 0 Å². The fourth-order valence-corrected chi connectivity index (χ4v) is 2.63. The highest BCUT2D eigenvalue weighted by Gasteiger charge is 2.06. The quantitative estimate of drug-likeness (QED) is 0.540. The number of hydrogen-bond donors (Lipinski definition) is 2. The summed E-state index contributed by atoms with van der Waals surface area (Å²) in [6.45, 7) is 2.17. The molecule has 0 aliphatic heterocycles. The summed E-state index contributed by atoms with van der Waals surface area (Å²) < 4.78 is 0. The Hall–Kier alpha value is -1.00. The monoisotopic (exact) mass is 281 g/mol. The number of hydrogen-bond acceptors (Lipinski definition) is 3. The number of thioether (sulfide) groups is 1. The van der Waals surface area contributed by atoms with Crippen molar-refractivity contribution in [3.05, 3.63) is 30.3 Å². The summed E-state index contributed by atoms with van der Waals surface area (Å²) in [5.74, 6) is 1.07. The van der Waals surface area contributed by atoms with Crippen LogP contribution >= 0.6 is 11.8 Å². The summed E-state index contributed by atoms with van der Waals surface area (Å²) in [5.41, 5.74) is 0. The Morgan fingerprint density at radius 2 is 2.05 bits per heavy atom. The molecule has 0 spiro atoms. The van der Waals surface area contributed by atoms with Gasteiger partial charge in [0.05, 0.1) is 0 Å². The van der Waals surface area contributed by atoms with E-state index in [1.165, 1.54) is 4.90 Å². The summed E-state index contributed by atoms with van der Waals surface area (Å²) in [7, 11) is 0. The fraction of sp³-hybridized carbons (Fsp3) is 0.533. The van der Waals surface area contributed by atoms with Crippen molar-refractivity contribution in [3.63, 3.8) is 0 Å². The minimum atomic E-state index is 0.110. The van der Waals surface area contributed by atoms with Gasteiger partial charge in [0.15, 0.2) is 0 Å². The molecule has 0 aliphatic rings. The van der Waals surface area contributed by atoms with Crippen LogP contribution in [0.3, 0.4) is 0 Å². The Morgan fingerprint density at radius 3 is 2.74 bits per heavy atom. The fourth-order valence-electron chi connectivity index (χ4n) is 1.76. The lowest BCUT2D eigenvalue weighted by molar-refractivity contribution is -0.121. The normalized spacial score (nSPS) is 12.1. The summed E-state index contributed by atoms with van der Waals surface area (Å²) >= 11 is 1.78. The molecule has 106 valence electrons. The first-order chi connectivity index (χ1) is 9.22. The van der Waals surface area contributed by atoms with Crippen LogP contribution in [0.2, 0.25) is 0 Å². The Morgan fingerprint density at radius 1 is 1.32 bits per heavy atom. The molecule has 0 aliphatic carbocycles. The van der Waals surface area contributed by atoms with E-state index < -0.39 is 0 Å². The van der Waals surface area contributed by atoms with E-state index in [1.807, 2.05) is 25.1 Å². The van der Waals surface area contributed by atoms with Crippen molar-refractivity contribution in [3.8, 4) is 0 Å². The number of nitrogens with one attached hydrogen (secondary N) is 1. The van der Waals surface area contributed by atoms with Crippen LogP contribution in [0.15, 0.2) is 35.2 Å². The van der Waals surface area contributed by atoms with Crippen molar-refractivity contribution in [2.24, 2.45) is 0 Å². The smallest absolute Gasteiger partial charge is 0.220 e. The van der Waals surface area contributed by atoms with Crippen molar-refractivity contribution in [1.29, 1.82) is 0 Å². The third kappa shape index (κ3) is 7.90. The predicted molar refractivity (Wildman–Crippen MR) is 80.3 cm³/mol. The van der Waals surface area contributed by atoms with Crippen molar-refractivity contribution in [1.82, 2.24) is 5.32 Å². The molecule has 0 saturated carbocycles. The van der Waals surface area contributed by atoms with Crippen LogP contribution in [0, 0.1) is 0 Å². The van der Waals surface area contributed by atoms with Crippen molar-refractivity contribution in [2.75, 3.05) is 12.4 Å². The molecule has 4 heteroatoms. The molecule has 19 heavy (non-hydrogen) atoms. The topological polar surface area (TPSA) is 49.3 Å². The zero-order valence-corrected chi connectivity index (χ0v) is 12.3. The first-order valence-electron chi connectivity index (χ1n) is 6.80. The maximum absolute atomic E-state index is 11.6. The molecule has 1 unspecified atom stereocenters. The third-order valence-corrected chi connectivity index (χ3v) is 3.86. The molecule has 0 heterocycles. The number of carbonyl (C=O) groups is 1. The lowest BCUT2D eigenvalue weighted by atomic mass is 10.2. The molecule has 1 rings (SSSR count). The van der Waals surface area contributed by atoms with E-state index in [-0.39, 0.29) is 18.6 Å². The van der Waals surface area contributed by atoms with Crippen LogP contribution in [0.1, 0.15) is 32.6 Å². The van der Waals surface area contributed by atoms with Gasteiger partial charge in [0.2, 0.25) is 5.91 Å². The Balaban J connectivity index is 2.07. The second-order valence-electron chi connectivity index (χ2n) is 4.60. The number of aliphatic hydroxyl groups is 1. The van der Waals surface area contributed by atoms with E-state index >= 15 is 0 Å². The maximum atomic E-state index is 11.6. The number of aliphatic hydroxyl groups excluding tert-OH is 1. The number of rotatable bonds is 9. The van der Waals surface area contributed by atoms with Gasteiger partial charge in [0.1, 0.15) is 0 Å². The zero-order valence-electron chi connectivity index (χ0n) is 11.5. The average molecular weight is 281 g/mol.